The lowest BCUT2D eigenvalue weighted by molar-refractivity contribution is -0.123. The van der Waals surface area contributed by atoms with Crippen molar-refractivity contribution in [3.63, 3.8) is 0 Å². The van der Waals surface area contributed by atoms with Gasteiger partial charge in [-0.05, 0) is 39.0 Å². The highest BCUT2D eigenvalue weighted by Crippen LogP contribution is 2.27. The van der Waals surface area contributed by atoms with Gasteiger partial charge >= 0.3 is 0 Å². The van der Waals surface area contributed by atoms with E-state index in [1.54, 1.807) is 0 Å². The molecule has 0 spiro atoms. The molecular weight excluding hydrogens is 262 g/mol. The van der Waals surface area contributed by atoms with Crippen LogP contribution in [0.25, 0.3) is 0 Å². The summed E-state index contributed by atoms with van der Waals surface area (Å²) in [6.07, 6.45) is 9.48. The van der Waals surface area contributed by atoms with Crippen molar-refractivity contribution in [3.05, 3.63) is 0 Å². The predicted octanol–water partition coefficient (Wildman–Crippen LogP) is 2.27. The standard InChI is InChI=1S/C17H33N3O/c1-13(2)20-10-8-15(9-11-20)19-17(21)16(18)12-14-6-4-3-5-7-14/h13-16H,3-12,18H2,1-2H3,(H,19,21). The number of carbonyl (C=O) groups is 1. The first kappa shape index (κ1) is 16.8. The van der Waals surface area contributed by atoms with Crippen LogP contribution in [-0.2, 0) is 4.79 Å². The van der Waals surface area contributed by atoms with E-state index in [4.69, 9.17) is 5.73 Å². The molecule has 0 aromatic carbocycles. The van der Waals surface area contributed by atoms with Crippen molar-refractivity contribution >= 4 is 5.91 Å². The molecular formula is C17H33N3O. The molecule has 3 N–H and O–H groups in total. The summed E-state index contributed by atoms with van der Waals surface area (Å²) in [4.78, 5) is 14.7. The smallest absolute Gasteiger partial charge is 0.237 e. The molecule has 122 valence electrons. The third-order valence-corrected chi connectivity index (χ3v) is 5.26. The summed E-state index contributed by atoms with van der Waals surface area (Å²) < 4.78 is 0. The van der Waals surface area contributed by atoms with Gasteiger partial charge in [-0.3, -0.25) is 4.79 Å². The zero-order chi connectivity index (χ0) is 15.2. The Kier molecular flexibility index (Phi) is 6.49. The molecule has 1 heterocycles. The molecule has 1 aliphatic carbocycles. The van der Waals surface area contributed by atoms with Gasteiger partial charge < -0.3 is 16.0 Å². The number of hydrogen-bond acceptors (Lipinski definition) is 3. The van der Waals surface area contributed by atoms with Gasteiger partial charge in [0.25, 0.3) is 0 Å². The molecule has 4 nitrogen and oxygen atoms in total. The molecule has 0 aromatic heterocycles. The second kappa shape index (κ2) is 8.14. The molecule has 1 unspecified atom stereocenters. The molecule has 2 fully saturated rings. The molecule has 2 aliphatic rings. The molecule has 2 rings (SSSR count). The second-order valence-corrected chi connectivity index (χ2v) is 7.26. The van der Waals surface area contributed by atoms with Crippen LogP contribution >= 0.6 is 0 Å². The summed E-state index contributed by atoms with van der Waals surface area (Å²) in [5.74, 6) is 0.742. The Bertz CT molecular complexity index is 318. The Morgan fingerprint density at radius 1 is 1.14 bits per heavy atom. The number of nitrogens with two attached hydrogens (primary N) is 1. The monoisotopic (exact) mass is 295 g/mol. The first-order valence-corrected chi connectivity index (χ1v) is 8.86. The van der Waals surface area contributed by atoms with Crippen molar-refractivity contribution in [3.8, 4) is 0 Å². The van der Waals surface area contributed by atoms with Crippen molar-refractivity contribution < 1.29 is 4.79 Å². The van der Waals surface area contributed by atoms with Gasteiger partial charge in [0, 0.05) is 25.2 Å². The Morgan fingerprint density at radius 2 is 1.76 bits per heavy atom. The second-order valence-electron chi connectivity index (χ2n) is 7.26. The van der Waals surface area contributed by atoms with Crippen molar-refractivity contribution in [2.24, 2.45) is 11.7 Å². The molecule has 0 aromatic rings. The molecule has 0 radical (unpaired) electrons. The van der Waals surface area contributed by atoms with Gasteiger partial charge in [0.15, 0.2) is 0 Å². The topological polar surface area (TPSA) is 58.4 Å². The highest BCUT2D eigenvalue weighted by Gasteiger charge is 2.25. The fraction of sp³-hybridized carbons (Fsp3) is 0.941. The maximum absolute atomic E-state index is 12.3. The minimum atomic E-state index is -0.309. The Balaban J connectivity index is 1.68. The number of hydrogen-bond donors (Lipinski definition) is 2. The van der Waals surface area contributed by atoms with E-state index in [1.165, 1.54) is 32.1 Å². The minimum absolute atomic E-state index is 0.0728. The molecule has 1 saturated heterocycles. The molecule has 0 bridgehead atoms. The molecule has 1 saturated carbocycles. The van der Waals surface area contributed by atoms with Crippen molar-refractivity contribution in [1.82, 2.24) is 10.2 Å². The lowest BCUT2D eigenvalue weighted by Gasteiger charge is -2.35. The van der Waals surface area contributed by atoms with E-state index in [-0.39, 0.29) is 11.9 Å². The zero-order valence-electron chi connectivity index (χ0n) is 13.8. The van der Waals surface area contributed by atoms with Crippen molar-refractivity contribution in [2.75, 3.05) is 13.1 Å². The van der Waals surface area contributed by atoms with E-state index in [9.17, 15) is 4.79 Å². The first-order valence-electron chi connectivity index (χ1n) is 8.86. The minimum Gasteiger partial charge on any atom is -0.352 e. The lowest BCUT2D eigenvalue weighted by atomic mass is 9.85. The number of piperidine rings is 1. The fourth-order valence-corrected chi connectivity index (χ4v) is 3.76. The highest BCUT2D eigenvalue weighted by molar-refractivity contribution is 5.81. The first-order chi connectivity index (χ1) is 10.1. The largest absolute Gasteiger partial charge is 0.352 e. The van der Waals surface area contributed by atoms with Gasteiger partial charge in [0.2, 0.25) is 5.91 Å². The van der Waals surface area contributed by atoms with Gasteiger partial charge in [0.05, 0.1) is 6.04 Å². The van der Waals surface area contributed by atoms with Gasteiger partial charge in [-0.2, -0.15) is 0 Å². The Morgan fingerprint density at radius 3 is 2.33 bits per heavy atom. The highest BCUT2D eigenvalue weighted by atomic mass is 16.2. The molecule has 4 heteroatoms. The van der Waals surface area contributed by atoms with E-state index in [2.05, 4.69) is 24.1 Å². The van der Waals surface area contributed by atoms with Crippen LogP contribution < -0.4 is 11.1 Å². The van der Waals surface area contributed by atoms with E-state index < -0.39 is 0 Å². The van der Waals surface area contributed by atoms with Gasteiger partial charge in [0.1, 0.15) is 0 Å². The summed E-state index contributed by atoms with van der Waals surface area (Å²) in [7, 11) is 0. The predicted molar refractivity (Wildman–Crippen MR) is 87.0 cm³/mol. The normalized spacial score (nSPS) is 24.2. The van der Waals surface area contributed by atoms with E-state index in [0.29, 0.717) is 18.0 Å². The van der Waals surface area contributed by atoms with Crippen molar-refractivity contribution in [2.45, 2.75) is 83.3 Å². The fourth-order valence-electron chi connectivity index (χ4n) is 3.76. The summed E-state index contributed by atoms with van der Waals surface area (Å²) in [5.41, 5.74) is 6.12. The van der Waals surface area contributed by atoms with Crippen LogP contribution in [-0.4, -0.2) is 42.0 Å². The summed E-state index contributed by atoms with van der Waals surface area (Å²) in [5, 5.41) is 3.18. The van der Waals surface area contributed by atoms with Crippen LogP contribution in [0.3, 0.4) is 0 Å². The van der Waals surface area contributed by atoms with Crippen LogP contribution in [0.15, 0.2) is 0 Å². The number of amides is 1. The van der Waals surface area contributed by atoms with E-state index in [1.807, 2.05) is 0 Å². The molecule has 1 amide bonds. The summed E-state index contributed by atoms with van der Waals surface area (Å²) in [6, 6.07) is 0.622. The number of nitrogens with one attached hydrogen (secondary N) is 1. The van der Waals surface area contributed by atoms with Crippen molar-refractivity contribution in [1.29, 1.82) is 0 Å². The van der Waals surface area contributed by atoms with Crippen LogP contribution in [0, 0.1) is 5.92 Å². The lowest BCUT2D eigenvalue weighted by Crippen LogP contribution is -2.51. The van der Waals surface area contributed by atoms with Crippen LogP contribution in [0.2, 0.25) is 0 Å². The molecule has 1 atom stereocenters. The maximum Gasteiger partial charge on any atom is 0.237 e. The van der Waals surface area contributed by atoms with Crippen LogP contribution in [0.5, 0.6) is 0 Å². The SMILES string of the molecule is CC(C)N1CCC(NC(=O)C(N)CC2CCCCC2)CC1. The summed E-state index contributed by atoms with van der Waals surface area (Å²) in [6.45, 7) is 6.64. The zero-order valence-corrected chi connectivity index (χ0v) is 13.8. The average molecular weight is 295 g/mol. The quantitative estimate of drug-likeness (QED) is 0.818. The maximum atomic E-state index is 12.3. The Labute approximate surface area is 129 Å². The summed E-state index contributed by atoms with van der Waals surface area (Å²) >= 11 is 0. The van der Waals surface area contributed by atoms with Gasteiger partial charge in [-0.1, -0.05) is 32.1 Å². The number of nitrogens with zero attached hydrogens (tertiary/aromatic N) is 1. The third kappa shape index (κ3) is 5.26. The van der Waals surface area contributed by atoms with E-state index >= 15 is 0 Å². The van der Waals surface area contributed by atoms with Crippen LogP contribution in [0.4, 0.5) is 0 Å². The number of likely N-dealkylation sites (tertiary alicyclic amines) is 1. The van der Waals surface area contributed by atoms with Gasteiger partial charge in [-0.15, -0.1) is 0 Å². The average Bonchev–Trinajstić information content (AvgIpc) is 2.48. The van der Waals surface area contributed by atoms with E-state index in [0.717, 1.165) is 32.4 Å². The van der Waals surface area contributed by atoms with Crippen LogP contribution in [0.1, 0.15) is 65.2 Å². The molecule has 21 heavy (non-hydrogen) atoms. The van der Waals surface area contributed by atoms with Gasteiger partial charge in [-0.25, -0.2) is 0 Å². The Hall–Kier alpha value is -0.610. The number of rotatable bonds is 5. The third-order valence-electron chi connectivity index (χ3n) is 5.26. The number of carbonyl (C=O) groups excluding carboxylic acids is 1. The molecule has 1 aliphatic heterocycles.